The van der Waals surface area contributed by atoms with E-state index in [-0.39, 0.29) is 10.6 Å². The molecule has 0 aliphatic carbocycles. The van der Waals surface area contributed by atoms with Gasteiger partial charge in [0.25, 0.3) is 5.35 Å². The zero-order valence-electron chi connectivity index (χ0n) is 3.97. The molecule has 0 unspecified atom stereocenters. The van der Waals surface area contributed by atoms with E-state index in [1.165, 1.54) is 0 Å². The molecule has 0 spiro atoms. The van der Waals surface area contributed by atoms with Crippen molar-refractivity contribution < 1.29 is 4.42 Å². The monoisotopic (exact) mass is 166 g/mol. The second-order valence-corrected chi connectivity index (χ2v) is 1.77. The van der Waals surface area contributed by atoms with Gasteiger partial charge >= 0.3 is 5.76 Å². The van der Waals surface area contributed by atoms with E-state index in [1.807, 2.05) is 0 Å². The quantitative estimate of drug-likeness (QED) is 0.571. The van der Waals surface area contributed by atoms with E-state index in [0.29, 0.717) is 0 Å². The molecular formula is C3Cl2N2O2. The molecule has 0 radical (unpaired) electrons. The van der Waals surface area contributed by atoms with Gasteiger partial charge in [-0.05, 0) is 23.2 Å². The van der Waals surface area contributed by atoms with Crippen LogP contribution in [0.1, 0.15) is 0 Å². The van der Waals surface area contributed by atoms with Gasteiger partial charge in [-0.25, -0.2) is 4.79 Å². The van der Waals surface area contributed by atoms with Crippen LogP contribution in [0, 0.1) is 0 Å². The predicted molar refractivity (Wildman–Crippen MR) is 30.6 cm³/mol. The van der Waals surface area contributed by atoms with Gasteiger partial charge in [0.05, 0.1) is 0 Å². The summed E-state index contributed by atoms with van der Waals surface area (Å²) in [5.41, 5.74) is 0. The minimum absolute atomic E-state index is 0.212. The molecule has 1 rings (SSSR count). The first-order chi connectivity index (χ1) is 4.18. The maximum Gasteiger partial charge on any atom is 0.443 e. The summed E-state index contributed by atoms with van der Waals surface area (Å²) >= 11 is 10.3. The molecule has 4 nitrogen and oxygen atoms in total. The average molecular weight is 167 g/mol. The molecule has 1 heterocycles. The third-order valence-corrected chi connectivity index (χ3v) is 0.866. The Bertz CT molecular complexity index is 248. The van der Waals surface area contributed by atoms with E-state index in [4.69, 9.17) is 23.2 Å². The SMILES string of the molecule is O=c1nc(Cl)nc(Cl)o1. The Morgan fingerprint density at radius 2 is 2.00 bits per heavy atom. The van der Waals surface area contributed by atoms with Crippen LogP contribution in [0.15, 0.2) is 9.21 Å². The van der Waals surface area contributed by atoms with E-state index in [9.17, 15) is 4.79 Å². The lowest BCUT2D eigenvalue weighted by Crippen LogP contribution is -2.04. The number of hydrogen-bond acceptors (Lipinski definition) is 4. The highest BCUT2D eigenvalue weighted by Gasteiger charge is 1.96. The van der Waals surface area contributed by atoms with E-state index in [1.54, 1.807) is 0 Å². The van der Waals surface area contributed by atoms with Crippen LogP contribution in [0.3, 0.4) is 0 Å². The molecule has 0 atom stereocenters. The summed E-state index contributed by atoms with van der Waals surface area (Å²) in [4.78, 5) is 16.6. The third kappa shape index (κ3) is 1.65. The molecule has 0 amide bonds. The normalized spacial score (nSPS) is 9.56. The minimum Gasteiger partial charge on any atom is -0.378 e. The van der Waals surface area contributed by atoms with Crippen molar-refractivity contribution in [1.82, 2.24) is 9.97 Å². The van der Waals surface area contributed by atoms with E-state index in [0.717, 1.165) is 0 Å². The molecule has 48 valence electrons. The van der Waals surface area contributed by atoms with Crippen LogP contribution in [0.4, 0.5) is 0 Å². The molecule has 0 saturated heterocycles. The van der Waals surface area contributed by atoms with Crippen molar-refractivity contribution in [3.63, 3.8) is 0 Å². The van der Waals surface area contributed by atoms with Gasteiger partial charge < -0.3 is 4.42 Å². The summed E-state index contributed by atoms with van der Waals surface area (Å²) in [6, 6.07) is 0. The van der Waals surface area contributed by atoms with Gasteiger partial charge in [0.15, 0.2) is 0 Å². The molecule has 0 aromatic carbocycles. The van der Waals surface area contributed by atoms with E-state index in [2.05, 4.69) is 14.4 Å². The molecule has 1 aromatic heterocycles. The highest BCUT2D eigenvalue weighted by molar-refractivity contribution is 6.30. The van der Waals surface area contributed by atoms with Gasteiger partial charge in [0, 0.05) is 0 Å². The number of aromatic nitrogens is 2. The Balaban J connectivity index is 3.33. The molecule has 0 aliphatic rings. The second kappa shape index (κ2) is 2.33. The summed E-state index contributed by atoms with van der Waals surface area (Å²) in [6.07, 6.45) is 0. The maximum atomic E-state index is 10.2. The van der Waals surface area contributed by atoms with Crippen molar-refractivity contribution in [2.24, 2.45) is 0 Å². The summed E-state index contributed by atoms with van der Waals surface area (Å²) < 4.78 is 4.16. The average Bonchev–Trinajstić information content (AvgIpc) is 1.59. The van der Waals surface area contributed by atoms with Crippen molar-refractivity contribution in [1.29, 1.82) is 0 Å². The molecule has 0 fully saturated rings. The van der Waals surface area contributed by atoms with Gasteiger partial charge in [-0.1, -0.05) is 0 Å². The van der Waals surface area contributed by atoms with Crippen molar-refractivity contribution in [3.8, 4) is 0 Å². The fourth-order valence-corrected chi connectivity index (χ4v) is 0.626. The fraction of sp³-hybridized carbons (Fsp3) is 0. The smallest absolute Gasteiger partial charge is 0.378 e. The zero-order chi connectivity index (χ0) is 6.85. The first kappa shape index (κ1) is 6.51. The zero-order valence-corrected chi connectivity index (χ0v) is 5.48. The Morgan fingerprint density at radius 1 is 1.33 bits per heavy atom. The largest absolute Gasteiger partial charge is 0.443 e. The molecule has 0 N–H and O–H groups in total. The highest BCUT2D eigenvalue weighted by Crippen LogP contribution is 2.01. The standard InChI is InChI=1S/C3Cl2N2O2/c4-1-6-2(5)9-3(8)7-1. The molecule has 9 heavy (non-hydrogen) atoms. The second-order valence-electron chi connectivity index (χ2n) is 1.11. The first-order valence-corrected chi connectivity index (χ1v) is 2.64. The Kier molecular flexibility index (Phi) is 1.68. The minimum atomic E-state index is -0.847. The van der Waals surface area contributed by atoms with Crippen LogP contribution in [-0.4, -0.2) is 9.97 Å². The topological polar surface area (TPSA) is 56.0 Å². The van der Waals surface area contributed by atoms with Crippen LogP contribution in [-0.2, 0) is 0 Å². The van der Waals surface area contributed by atoms with Crippen LogP contribution in [0.2, 0.25) is 10.6 Å². The summed E-state index contributed by atoms with van der Waals surface area (Å²) in [6.45, 7) is 0. The Hall–Kier alpha value is -0.610. The van der Waals surface area contributed by atoms with Crippen molar-refractivity contribution in [2.45, 2.75) is 0 Å². The molecular weight excluding hydrogens is 167 g/mol. The van der Waals surface area contributed by atoms with Crippen molar-refractivity contribution in [2.75, 3.05) is 0 Å². The predicted octanol–water partition coefficient (Wildman–Crippen LogP) is 0.737. The van der Waals surface area contributed by atoms with Crippen LogP contribution in [0.5, 0.6) is 0 Å². The molecule has 0 saturated carbocycles. The van der Waals surface area contributed by atoms with Gasteiger partial charge in [0.2, 0.25) is 5.28 Å². The fourth-order valence-electron chi connectivity index (χ4n) is 0.291. The molecule has 0 aliphatic heterocycles. The Morgan fingerprint density at radius 3 is 2.44 bits per heavy atom. The van der Waals surface area contributed by atoms with Crippen molar-refractivity contribution >= 4 is 23.2 Å². The lowest BCUT2D eigenvalue weighted by molar-refractivity contribution is 0.464. The first-order valence-electron chi connectivity index (χ1n) is 1.88. The van der Waals surface area contributed by atoms with E-state index >= 15 is 0 Å². The lowest BCUT2D eigenvalue weighted by Gasteiger charge is -1.84. The third-order valence-electron chi connectivity index (χ3n) is 0.535. The highest BCUT2D eigenvalue weighted by atomic mass is 35.5. The molecule has 6 heteroatoms. The summed E-state index contributed by atoms with van der Waals surface area (Å²) in [5, 5.41) is -0.517. The number of halogens is 2. The number of hydrogen-bond donors (Lipinski definition) is 0. The van der Waals surface area contributed by atoms with Gasteiger partial charge in [-0.2, -0.15) is 4.98 Å². The van der Waals surface area contributed by atoms with Gasteiger partial charge in [-0.3, -0.25) is 0 Å². The number of nitrogens with zero attached hydrogens (tertiary/aromatic N) is 2. The number of rotatable bonds is 0. The van der Waals surface area contributed by atoms with Gasteiger partial charge in [-0.15, -0.1) is 4.98 Å². The van der Waals surface area contributed by atoms with Crippen molar-refractivity contribution in [3.05, 3.63) is 21.2 Å². The van der Waals surface area contributed by atoms with Crippen LogP contribution < -0.4 is 5.76 Å². The molecule has 0 bridgehead atoms. The summed E-state index contributed by atoms with van der Waals surface area (Å²) in [5.74, 6) is -0.847. The van der Waals surface area contributed by atoms with E-state index < -0.39 is 5.76 Å². The lowest BCUT2D eigenvalue weighted by atomic mass is 11.1. The maximum absolute atomic E-state index is 10.2. The van der Waals surface area contributed by atoms with Gasteiger partial charge in [0.1, 0.15) is 0 Å². The molecule has 1 aromatic rings. The summed E-state index contributed by atoms with van der Waals surface area (Å²) in [7, 11) is 0. The Labute approximate surface area is 59.4 Å². The van der Waals surface area contributed by atoms with Crippen LogP contribution >= 0.6 is 23.2 Å². The van der Waals surface area contributed by atoms with Crippen LogP contribution in [0.25, 0.3) is 0 Å².